The Morgan fingerprint density at radius 2 is 1.89 bits per heavy atom. The monoisotopic (exact) mass is 496 g/mol. The van der Waals surface area contributed by atoms with Gasteiger partial charge in [-0.25, -0.2) is 0 Å². The van der Waals surface area contributed by atoms with Crippen molar-refractivity contribution >= 4 is 5.78 Å². The zero-order valence-corrected chi connectivity index (χ0v) is 21.2. The Kier molecular flexibility index (Phi) is 7.02. The molecule has 192 valence electrons. The Labute approximate surface area is 210 Å². The minimum Gasteiger partial charge on any atom is -0.493 e. The summed E-state index contributed by atoms with van der Waals surface area (Å²) in [4.78, 5) is 13.5. The van der Waals surface area contributed by atoms with Gasteiger partial charge in [0.05, 0.1) is 25.4 Å². The number of benzene rings is 2. The van der Waals surface area contributed by atoms with Crippen LogP contribution in [0.5, 0.6) is 28.7 Å². The maximum absolute atomic E-state index is 13.5. The first-order chi connectivity index (χ1) is 17.1. The van der Waals surface area contributed by atoms with Crippen molar-refractivity contribution in [2.75, 3.05) is 27.4 Å². The first-order valence-corrected chi connectivity index (χ1v) is 11.7. The minimum atomic E-state index is -1.93. The molecule has 2 aromatic rings. The first kappa shape index (κ1) is 25.6. The third kappa shape index (κ3) is 4.92. The Balaban J connectivity index is 1.53. The van der Waals surface area contributed by atoms with Gasteiger partial charge in [0.2, 0.25) is 5.78 Å². The topological polar surface area (TPSA) is 104 Å². The number of methoxy groups -OCH3 is 2. The van der Waals surface area contributed by atoms with Gasteiger partial charge >= 0.3 is 0 Å². The number of carbonyl (C=O) groups is 1. The largest absolute Gasteiger partial charge is 0.493 e. The predicted octanol–water partition coefficient (Wildman–Crippen LogP) is 3.97. The summed E-state index contributed by atoms with van der Waals surface area (Å²) in [7, 11) is 2.98. The van der Waals surface area contributed by atoms with Crippen molar-refractivity contribution in [2.45, 2.75) is 44.5 Å². The van der Waals surface area contributed by atoms with Gasteiger partial charge in [-0.05, 0) is 51.5 Å². The lowest BCUT2D eigenvalue weighted by Crippen LogP contribution is -2.57. The van der Waals surface area contributed by atoms with Gasteiger partial charge in [0.15, 0.2) is 23.2 Å². The van der Waals surface area contributed by atoms with Gasteiger partial charge in [0.1, 0.15) is 30.5 Å². The van der Waals surface area contributed by atoms with Crippen molar-refractivity contribution < 1.29 is 38.7 Å². The van der Waals surface area contributed by atoms with E-state index in [9.17, 15) is 15.0 Å². The SMILES string of the molecule is COc1cc2c(cc1OC)[C@@]1(O)C(=O)c3ccc(OCC=C(C)CC=CC(C)(C)O)cc3O[C@H]1CO2. The van der Waals surface area contributed by atoms with Crippen LogP contribution >= 0.6 is 0 Å². The summed E-state index contributed by atoms with van der Waals surface area (Å²) < 4.78 is 28.4. The van der Waals surface area contributed by atoms with Gasteiger partial charge in [0.25, 0.3) is 0 Å². The predicted molar refractivity (Wildman–Crippen MR) is 133 cm³/mol. The van der Waals surface area contributed by atoms with Crippen LogP contribution in [0.15, 0.2) is 54.1 Å². The molecule has 0 aliphatic carbocycles. The zero-order valence-electron chi connectivity index (χ0n) is 21.2. The van der Waals surface area contributed by atoms with Crippen LogP contribution in [-0.4, -0.2) is 55.1 Å². The lowest BCUT2D eigenvalue weighted by atomic mass is 9.77. The van der Waals surface area contributed by atoms with Crippen LogP contribution < -0.4 is 23.7 Å². The van der Waals surface area contributed by atoms with E-state index in [0.29, 0.717) is 41.8 Å². The molecule has 36 heavy (non-hydrogen) atoms. The number of hydrogen-bond acceptors (Lipinski definition) is 8. The molecule has 0 fully saturated rings. The van der Waals surface area contributed by atoms with Gasteiger partial charge in [0, 0.05) is 17.7 Å². The zero-order chi connectivity index (χ0) is 26.1. The Bertz CT molecular complexity index is 1210. The van der Waals surface area contributed by atoms with Gasteiger partial charge in [-0.2, -0.15) is 0 Å². The third-order valence-electron chi connectivity index (χ3n) is 6.21. The first-order valence-electron chi connectivity index (χ1n) is 11.7. The average molecular weight is 497 g/mol. The van der Waals surface area contributed by atoms with E-state index in [2.05, 4.69) is 0 Å². The van der Waals surface area contributed by atoms with E-state index in [1.807, 2.05) is 19.1 Å². The number of ketones is 1. The van der Waals surface area contributed by atoms with Crippen molar-refractivity contribution in [3.05, 3.63) is 65.3 Å². The van der Waals surface area contributed by atoms with E-state index >= 15 is 0 Å². The highest BCUT2D eigenvalue weighted by molar-refractivity contribution is 6.07. The van der Waals surface area contributed by atoms with Gasteiger partial charge in [-0.3, -0.25) is 4.79 Å². The second-order valence-electron chi connectivity index (χ2n) is 9.50. The smallest absolute Gasteiger partial charge is 0.206 e. The van der Waals surface area contributed by atoms with Crippen molar-refractivity contribution in [3.8, 4) is 28.7 Å². The standard InChI is InChI=1S/C28H32O8/c1-17(7-6-11-27(2,3)30)10-12-34-18-8-9-19-21(13-18)36-25-16-35-22-15-24(33-5)23(32-4)14-20(22)28(25,31)26(19)29/h6,8-11,13-15,25,30-31H,7,12,16H2,1-5H3/t25-,28-/m0/s1. The molecule has 0 aromatic heterocycles. The fourth-order valence-electron chi connectivity index (χ4n) is 4.26. The number of carbonyl (C=O) groups excluding carboxylic acids is 1. The second kappa shape index (κ2) is 9.87. The summed E-state index contributed by atoms with van der Waals surface area (Å²) in [5.41, 5.74) is -1.15. The van der Waals surface area contributed by atoms with E-state index in [1.165, 1.54) is 14.2 Å². The second-order valence-corrected chi connectivity index (χ2v) is 9.50. The molecule has 0 unspecified atom stereocenters. The molecule has 8 heteroatoms. The van der Waals surface area contributed by atoms with Crippen molar-refractivity contribution in [1.82, 2.24) is 0 Å². The molecule has 8 nitrogen and oxygen atoms in total. The van der Waals surface area contributed by atoms with Crippen molar-refractivity contribution in [3.63, 3.8) is 0 Å². The Morgan fingerprint density at radius 1 is 1.17 bits per heavy atom. The van der Waals surface area contributed by atoms with Crippen LogP contribution in [0.4, 0.5) is 0 Å². The number of aliphatic hydroxyl groups is 2. The number of fused-ring (bicyclic) bond motifs is 4. The molecule has 0 spiro atoms. The van der Waals surface area contributed by atoms with E-state index in [0.717, 1.165) is 5.57 Å². The summed E-state index contributed by atoms with van der Waals surface area (Å²) >= 11 is 0. The lowest BCUT2D eigenvalue weighted by Gasteiger charge is -2.43. The third-order valence-corrected chi connectivity index (χ3v) is 6.21. The van der Waals surface area contributed by atoms with Crippen LogP contribution in [0.3, 0.4) is 0 Å². The number of allylic oxidation sites excluding steroid dienone is 2. The number of rotatable bonds is 8. The van der Waals surface area contributed by atoms with Crippen LogP contribution in [0.2, 0.25) is 0 Å². The number of hydrogen-bond donors (Lipinski definition) is 2. The molecule has 4 rings (SSSR count). The average Bonchev–Trinajstić information content (AvgIpc) is 2.83. The van der Waals surface area contributed by atoms with E-state index < -0.39 is 23.1 Å². The summed E-state index contributed by atoms with van der Waals surface area (Å²) in [5, 5.41) is 21.4. The van der Waals surface area contributed by atoms with Crippen molar-refractivity contribution in [1.29, 1.82) is 0 Å². The highest BCUT2D eigenvalue weighted by atomic mass is 16.6. The fourth-order valence-corrected chi connectivity index (χ4v) is 4.26. The van der Waals surface area contributed by atoms with E-state index in [1.54, 1.807) is 50.3 Å². The molecule has 2 atom stereocenters. The molecule has 2 aromatic carbocycles. The maximum atomic E-state index is 13.5. The number of Topliss-reactive ketones (excluding diaryl/α,β-unsaturated/α-hetero) is 1. The molecule has 0 bridgehead atoms. The van der Waals surface area contributed by atoms with Crippen LogP contribution in [0.25, 0.3) is 0 Å². The molecule has 2 aliphatic heterocycles. The molecule has 2 aliphatic rings. The van der Waals surface area contributed by atoms with Crippen molar-refractivity contribution in [2.24, 2.45) is 0 Å². The lowest BCUT2D eigenvalue weighted by molar-refractivity contribution is -0.0800. The molecular formula is C28H32O8. The molecule has 0 amide bonds. The summed E-state index contributed by atoms with van der Waals surface area (Å²) in [5.74, 6) is 1.52. The molecule has 0 radical (unpaired) electrons. The van der Waals surface area contributed by atoms with Crippen LogP contribution in [0, 0.1) is 0 Å². The summed E-state index contributed by atoms with van der Waals surface area (Å²) in [6.07, 6.45) is 5.38. The fraction of sp³-hybridized carbons (Fsp3) is 0.393. The highest BCUT2D eigenvalue weighted by Crippen LogP contribution is 2.49. The van der Waals surface area contributed by atoms with E-state index in [-0.39, 0.29) is 17.7 Å². The Hall–Kier alpha value is -3.49. The summed E-state index contributed by atoms with van der Waals surface area (Å²) in [6, 6.07) is 8.07. The minimum absolute atomic E-state index is 0.0185. The van der Waals surface area contributed by atoms with E-state index in [4.69, 9.17) is 23.7 Å². The normalized spacial score (nSPS) is 21.1. The van der Waals surface area contributed by atoms with Gasteiger partial charge in [-0.1, -0.05) is 17.7 Å². The highest BCUT2D eigenvalue weighted by Gasteiger charge is 2.56. The maximum Gasteiger partial charge on any atom is 0.206 e. The molecule has 0 saturated heterocycles. The summed E-state index contributed by atoms with van der Waals surface area (Å²) in [6.45, 7) is 5.75. The van der Waals surface area contributed by atoms with Gasteiger partial charge < -0.3 is 33.9 Å². The van der Waals surface area contributed by atoms with Crippen LogP contribution in [-0.2, 0) is 5.60 Å². The molecule has 0 saturated carbocycles. The number of ether oxygens (including phenoxy) is 5. The molecule has 2 N–H and O–H groups in total. The quantitative estimate of drug-likeness (QED) is 0.529. The molecular weight excluding hydrogens is 464 g/mol. The Morgan fingerprint density at radius 3 is 2.58 bits per heavy atom. The molecule has 2 heterocycles. The van der Waals surface area contributed by atoms with Crippen LogP contribution in [0.1, 0.15) is 43.1 Å². The van der Waals surface area contributed by atoms with Gasteiger partial charge in [-0.15, -0.1) is 0 Å².